The van der Waals surface area contributed by atoms with Crippen molar-refractivity contribution in [2.24, 2.45) is 0 Å². The van der Waals surface area contributed by atoms with Crippen molar-refractivity contribution in [1.29, 1.82) is 0 Å². The molecule has 3 N–H and O–H groups in total. The summed E-state index contributed by atoms with van der Waals surface area (Å²) in [6.45, 7) is 1.78. The van der Waals surface area contributed by atoms with Crippen LogP contribution in [0.1, 0.15) is 22.8 Å². The van der Waals surface area contributed by atoms with Crippen LogP contribution < -0.4 is 5.32 Å². The van der Waals surface area contributed by atoms with Crippen molar-refractivity contribution in [2.75, 3.05) is 5.88 Å². The van der Waals surface area contributed by atoms with Gasteiger partial charge in [0.2, 0.25) is 0 Å². The van der Waals surface area contributed by atoms with E-state index in [0.29, 0.717) is 0 Å². The fourth-order valence-corrected chi connectivity index (χ4v) is 2.28. The van der Waals surface area contributed by atoms with E-state index in [4.69, 9.17) is 11.6 Å². The molecule has 0 heterocycles. The number of alkyl halides is 1. The Morgan fingerprint density at radius 3 is 2.19 bits per heavy atom. The maximum absolute atomic E-state index is 12.3. The van der Waals surface area contributed by atoms with Gasteiger partial charge in [0.1, 0.15) is 17.1 Å². The van der Waals surface area contributed by atoms with E-state index < -0.39 is 11.4 Å². The van der Waals surface area contributed by atoms with Gasteiger partial charge in [0.05, 0.1) is 5.54 Å². The van der Waals surface area contributed by atoms with Crippen molar-refractivity contribution in [3.8, 4) is 11.5 Å². The molecule has 0 saturated carbocycles. The molecule has 0 saturated heterocycles. The van der Waals surface area contributed by atoms with E-state index in [2.05, 4.69) is 5.32 Å². The van der Waals surface area contributed by atoms with Gasteiger partial charge >= 0.3 is 0 Å². The SMILES string of the molecule is CC(CCl)(NC(=O)c1c(O)cccc1O)c1ccccc1. The molecule has 0 radical (unpaired) electrons. The second-order valence-electron chi connectivity index (χ2n) is 4.96. The highest BCUT2D eigenvalue weighted by Gasteiger charge is 2.29. The Kier molecular flexibility index (Phi) is 4.38. The van der Waals surface area contributed by atoms with Crippen molar-refractivity contribution >= 4 is 17.5 Å². The van der Waals surface area contributed by atoms with Crippen LogP contribution in [-0.4, -0.2) is 22.0 Å². The van der Waals surface area contributed by atoms with Gasteiger partial charge in [0, 0.05) is 5.88 Å². The highest BCUT2D eigenvalue weighted by molar-refractivity contribution is 6.19. The van der Waals surface area contributed by atoms with E-state index in [1.54, 1.807) is 6.92 Å². The lowest BCUT2D eigenvalue weighted by atomic mass is 9.93. The predicted molar refractivity (Wildman–Crippen MR) is 81.8 cm³/mol. The quantitative estimate of drug-likeness (QED) is 0.761. The number of rotatable bonds is 4. The number of hydrogen-bond acceptors (Lipinski definition) is 3. The van der Waals surface area contributed by atoms with E-state index in [1.807, 2.05) is 30.3 Å². The summed E-state index contributed by atoms with van der Waals surface area (Å²) in [5.41, 5.74) is -0.137. The lowest BCUT2D eigenvalue weighted by Gasteiger charge is -2.29. The topological polar surface area (TPSA) is 69.6 Å². The highest BCUT2D eigenvalue weighted by Crippen LogP contribution is 2.29. The fraction of sp³-hybridized carbons (Fsp3) is 0.188. The molecule has 2 aromatic carbocycles. The Bertz CT molecular complexity index is 625. The summed E-state index contributed by atoms with van der Waals surface area (Å²) in [5.74, 6) is -0.996. The minimum atomic E-state index is -0.811. The summed E-state index contributed by atoms with van der Waals surface area (Å²) in [4.78, 5) is 12.3. The molecule has 0 aromatic heterocycles. The summed E-state index contributed by atoms with van der Waals surface area (Å²) in [6, 6.07) is 13.4. The van der Waals surface area contributed by atoms with Crippen LogP contribution in [0.25, 0.3) is 0 Å². The average Bonchev–Trinajstić information content (AvgIpc) is 2.48. The molecule has 0 aliphatic carbocycles. The normalized spacial score (nSPS) is 13.4. The van der Waals surface area contributed by atoms with Gasteiger partial charge in [-0.2, -0.15) is 0 Å². The van der Waals surface area contributed by atoms with Crippen molar-refractivity contribution in [3.63, 3.8) is 0 Å². The monoisotopic (exact) mass is 305 g/mol. The molecule has 1 amide bonds. The molecule has 0 spiro atoms. The molecule has 0 fully saturated rings. The van der Waals surface area contributed by atoms with Gasteiger partial charge in [0.25, 0.3) is 5.91 Å². The van der Waals surface area contributed by atoms with Crippen molar-refractivity contribution in [2.45, 2.75) is 12.5 Å². The maximum atomic E-state index is 12.3. The minimum absolute atomic E-state index is 0.150. The summed E-state index contributed by atoms with van der Waals surface area (Å²) in [7, 11) is 0. The number of halogens is 1. The van der Waals surface area contributed by atoms with Gasteiger partial charge in [-0.3, -0.25) is 4.79 Å². The third-order valence-corrected chi connectivity index (χ3v) is 3.85. The first-order chi connectivity index (χ1) is 9.98. The van der Waals surface area contributed by atoms with Crippen LogP contribution in [0.4, 0.5) is 0 Å². The fourth-order valence-electron chi connectivity index (χ4n) is 2.06. The Balaban J connectivity index is 2.33. The van der Waals surface area contributed by atoms with Crippen molar-refractivity contribution < 1.29 is 15.0 Å². The molecule has 2 rings (SSSR count). The number of aromatic hydroxyl groups is 2. The number of phenolic OH excluding ortho intramolecular Hbond substituents is 2. The number of carbonyl (C=O) groups excluding carboxylic acids is 1. The molecule has 2 aromatic rings. The molecule has 110 valence electrons. The third-order valence-electron chi connectivity index (χ3n) is 3.32. The molecule has 0 aliphatic rings. The Hall–Kier alpha value is -2.20. The van der Waals surface area contributed by atoms with Crippen molar-refractivity contribution in [1.82, 2.24) is 5.32 Å². The number of amides is 1. The first kappa shape index (κ1) is 15.2. The Morgan fingerprint density at radius 1 is 1.10 bits per heavy atom. The second kappa shape index (κ2) is 6.06. The molecule has 0 bridgehead atoms. The van der Waals surface area contributed by atoms with Crippen molar-refractivity contribution in [3.05, 3.63) is 59.7 Å². The number of phenols is 2. The summed E-state index contributed by atoms with van der Waals surface area (Å²) in [5, 5.41) is 22.3. The van der Waals surface area contributed by atoms with E-state index in [0.717, 1.165) is 5.56 Å². The zero-order valence-electron chi connectivity index (χ0n) is 11.5. The zero-order chi connectivity index (χ0) is 15.5. The lowest BCUT2D eigenvalue weighted by Crippen LogP contribution is -2.45. The molecule has 1 atom stereocenters. The maximum Gasteiger partial charge on any atom is 0.259 e. The number of hydrogen-bond donors (Lipinski definition) is 3. The Morgan fingerprint density at radius 2 is 1.67 bits per heavy atom. The zero-order valence-corrected chi connectivity index (χ0v) is 12.3. The lowest BCUT2D eigenvalue weighted by molar-refractivity contribution is 0.0907. The second-order valence-corrected chi connectivity index (χ2v) is 5.22. The van der Waals surface area contributed by atoms with E-state index in [1.165, 1.54) is 18.2 Å². The standard InChI is InChI=1S/C16H16ClNO3/c1-16(10-17,11-6-3-2-4-7-11)18-15(21)14-12(19)8-5-9-13(14)20/h2-9,19-20H,10H2,1H3,(H,18,21). The van der Waals surface area contributed by atoms with Crippen LogP contribution in [0, 0.1) is 0 Å². The largest absolute Gasteiger partial charge is 0.507 e. The van der Waals surface area contributed by atoms with Gasteiger partial charge in [0.15, 0.2) is 0 Å². The van der Waals surface area contributed by atoms with Crippen LogP contribution in [-0.2, 0) is 5.54 Å². The van der Waals surface area contributed by atoms with Crippen LogP contribution in [0.15, 0.2) is 48.5 Å². The predicted octanol–water partition coefficient (Wildman–Crippen LogP) is 2.98. The van der Waals surface area contributed by atoms with Crippen LogP contribution >= 0.6 is 11.6 Å². The average molecular weight is 306 g/mol. The van der Waals surface area contributed by atoms with Gasteiger partial charge in [-0.05, 0) is 24.6 Å². The summed E-state index contributed by atoms with van der Waals surface area (Å²) < 4.78 is 0. The Labute approximate surface area is 128 Å². The molecule has 4 nitrogen and oxygen atoms in total. The molecular weight excluding hydrogens is 290 g/mol. The first-order valence-corrected chi connectivity index (χ1v) is 6.96. The first-order valence-electron chi connectivity index (χ1n) is 6.43. The van der Waals surface area contributed by atoms with Gasteiger partial charge < -0.3 is 15.5 Å². The van der Waals surface area contributed by atoms with Crippen LogP contribution in [0.3, 0.4) is 0 Å². The number of carbonyl (C=O) groups is 1. The van der Waals surface area contributed by atoms with E-state index in [9.17, 15) is 15.0 Å². The third kappa shape index (κ3) is 3.11. The smallest absolute Gasteiger partial charge is 0.259 e. The number of benzene rings is 2. The molecule has 21 heavy (non-hydrogen) atoms. The van der Waals surface area contributed by atoms with Gasteiger partial charge in [-0.1, -0.05) is 36.4 Å². The molecule has 0 aliphatic heterocycles. The number of nitrogens with one attached hydrogen (secondary N) is 1. The molecular formula is C16H16ClNO3. The van der Waals surface area contributed by atoms with E-state index >= 15 is 0 Å². The summed E-state index contributed by atoms with van der Waals surface area (Å²) >= 11 is 6.01. The van der Waals surface area contributed by atoms with Crippen LogP contribution in [0.2, 0.25) is 0 Å². The summed E-state index contributed by atoms with van der Waals surface area (Å²) in [6.07, 6.45) is 0. The molecule has 5 heteroatoms. The van der Waals surface area contributed by atoms with E-state index in [-0.39, 0.29) is 22.9 Å². The van der Waals surface area contributed by atoms with Gasteiger partial charge in [-0.25, -0.2) is 0 Å². The van der Waals surface area contributed by atoms with Gasteiger partial charge in [-0.15, -0.1) is 11.6 Å². The molecule has 1 unspecified atom stereocenters. The minimum Gasteiger partial charge on any atom is -0.507 e. The highest BCUT2D eigenvalue weighted by atomic mass is 35.5. The van der Waals surface area contributed by atoms with Crippen LogP contribution in [0.5, 0.6) is 11.5 Å².